The van der Waals surface area contributed by atoms with Crippen LogP contribution in [-0.2, 0) is 27.9 Å². The molecular formula is C21H18N4O3S. The molecule has 0 radical (unpaired) electrons. The van der Waals surface area contributed by atoms with E-state index in [2.05, 4.69) is 15.7 Å². The van der Waals surface area contributed by atoms with E-state index >= 15 is 0 Å². The molecule has 2 N–H and O–H groups in total. The lowest BCUT2D eigenvalue weighted by Gasteiger charge is -2.14. The molecule has 2 heterocycles. The number of hydrogen-bond donors (Lipinski definition) is 2. The third-order valence-electron chi connectivity index (χ3n) is 4.71. The minimum absolute atomic E-state index is 0.151. The summed E-state index contributed by atoms with van der Waals surface area (Å²) in [6.07, 6.45) is 5.18. The van der Waals surface area contributed by atoms with Gasteiger partial charge in [0.05, 0.1) is 22.0 Å². The lowest BCUT2D eigenvalue weighted by atomic mass is 10.1. The van der Waals surface area contributed by atoms with Crippen molar-refractivity contribution in [2.24, 2.45) is 0 Å². The average molecular weight is 406 g/mol. The highest BCUT2D eigenvalue weighted by molar-refractivity contribution is 7.90. The van der Waals surface area contributed by atoms with E-state index in [1.807, 2.05) is 18.9 Å². The minimum Gasteiger partial charge on any atom is -0.315 e. The fourth-order valence-electron chi connectivity index (χ4n) is 3.38. The number of rotatable bonds is 4. The Bertz CT molecular complexity index is 1270. The number of benzene rings is 2. The molecule has 0 bridgehead atoms. The zero-order valence-corrected chi connectivity index (χ0v) is 16.5. The predicted molar refractivity (Wildman–Crippen MR) is 109 cm³/mol. The Kier molecular flexibility index (Phi) is 4.70. The van der Waals surface area contributed by atoms with Gasteiger partial charge in [0.2, 0.25) is 0 Å². The molecule has 0 atom stereocenters. The molecule has 0 spiro atoms. The molecule has 7 nitrogen and oxygen atoms in total. The molecule has 1 aliphatic heterocycles. The molecular weight excluding hydrogens is 388 g/mol. The van der Waals surface area contributed by atoms with E-state index in [1.54, 1.807) is 42.5 Å². The summed E-state index contributed by atoms with van der Waals surface area (Å²) in [7, 11) is -3.94. The quantitative estimate of drug-likeness (QED) is 0.649. The summed E-state index contributed by atoms with van der Waals surface area (Å²) in [5, 5.41) is 10.2. The first-order chi connectivity index (χ1) is 13.9. The number of carbonyl (C=O) groups excluding carboxylic acids is 1. The van der Waals surface area contributed by atoms with E-state index in [0.29, 0.717) is 35.7 Å². The molecule has 2 aromatic carbocycles. The molecule has 8 heteroatoms. The van der Waals surface area contributed by atoms with Crippen LogP contribution in [0.2, 0.25) is 0 Å². The van der Waals surface area contributed by atoms with E-state index in [4.69, 9.17) is 6.42 Å². The van der Waals surface area contributed by atoms with Gasteiger partial charge in [0.15, 0.2) is 0 Å². The Morgan fingerprint density at radius 1 is 1.21 bits per heavy atom. The first-order valence-electron chi connectivity index (χ1n) is 8.92. The van der Waals surface area contributed by atoms with Crippen molar-refractivity contribution in [3.05, 3.63) is 65.4 Å². The van der Waals surface area contributed by atoms with Gasteiger partial charge >= 0.3 is 0 Å². The number of fused-ring (bicyclic) bond motifs is 1. The van der Waals surface area contributed by atoms with E-state index in [9.17, 15) is 13.2 Å². The fourth-order valence-corrected chi connectivity index (χ4v) is 4.82. The third kappa shape index (κ3) is 3.31. The standard InChI is InChI=1S/C21H18N4O3S/c1-3-20(26)23-18-10-5-4-9-16(18)21-17-12-22-13-19(17)24-25(21)29(27,28)15-8-6-7-14(2)11-15/h1,4-11,22H,12-13H2,2H3,(H,23,26). The highest BCUT2D eigenvalue weighted by Crippen LogP contribution is 2.36. The number of anilines is 1. The Labute approximate surface area is 168 Å². The smallest absolute Gasteiger partial charge is 0.300 e. The van der Waals surface area contributed by atoms with E-state index in [1.165, 1.54) is 0 Å². The van der Waals surface area contributed by atoms with Gasteiger partial charge in [-0.2, -0.15) is 17.6 Å². The number of nitrogens with zero attached hydrogens (tertiary/aromatic N) is 2. The summed E-state index contributed by atoms with van der Waals surface area (Å²) in [5.41, 5.74) is 3.64. The number of amides is 1. The Morgan fingerprint density at radius 3 is 2.76 bits per heavy atom. The van der Waals surface area contributed by atoms with Gasteiger partial charge in [0.1, 0.15) is 0 Å². The lowest BCUT2D eigenvalue weighted by molar-refractivity contribution is -0.111. The van der Waals surface area contributed by atoms with E-state index < -0.39 is 15.9 Å². The van der Waals surface area contributed by atoms with Crippen molar-refractivity contribution in [1.82, 2.24) is 14.5 Å². The number of carbonyl (C=O) groups is 1. The van der Waals surface area contributed by atoms with Crippen LogP contribution in [0.3, 0.4) is 0 Å². The molecule has 1 aromatic heterocycles. The molecule has 0 aliphatic carbocycles. The number of hydrogen-bond acceptors (Lipinski definition) is 5. The molecule has 146 valence electrons. The van der Waals surface area contributed by atoms with Crippen LogP contribution in [0.15, 0.2) is 53.4 Å². The van der Waals surface area contributed by atoms with Crippen LogP contribution in [-0.4, -0.2) is 23.5 Å². The maximum atomic E-state index is 13.4. The number of terminal acetylenes is 1. The van der Waals surface area contributed by atoms with Gasteiger partial charge in [-0.1, -0.05) is 30.3 Å². The molecule has 29 heavy (non-hydrogen) atoms. The SMILES string of the molecule is C#CC(=O)Nc1ccccc1-c1c2c(nn1S(=O)(=O)c1cccc(C)c1)CNC2. The van der Waals surface area contributed by atoms with Gasteiger partial charge < -0.3 is 10.6 Å². The number of para-hydroxylation sites is 1. The largest absolute Gasteiger partial charge is 0.315 e. The van der Waals surface area contributed by atoms with Crippen LogP contribution in [0.25, 0.3) is 11.3 Å². The van der Waals surface area contributed by atoms with E-state index in [0.717, 1.165) is 15.2 Å². The molecule has 4 rings (SSSR count). The predicted octanol–water partition coefficient (Wildman–Crippen LogP) is 2.27. The Balaban J connectivity index is 1.95. The van der Waals surface area contributed by atoms with Gasteiger partial charge in [-0.05, 0) is 36.6 Å². The molecule has 1 aliphatic rings. The molecule has 0 unspecified atom stereocenters. The van der Waals surface area contributed by atoms with Gasteiger partial charge in [-0.15, -0.1) is 6.42 Å². The zero-order chi connectivity index (χ0) is 20.6. The topological polar surface area (TPSA) is 93.1 Å². The van der Waals surface area contributed by atoms with Crippen LogP contribution < -0.4 is 10.6 Å². The monoisotopic (exact) mass is 406 g/mol. The fraction of sp³-hybridized carbons (Fsp3) is 0.143. The zero-order valence-electron chi connectivity index (χ0n) is 15.6. The summed E-state index contributed by atoms with van der Waals surface area (Å²) in [6.45, 7) is 2.78. The number of aromatic nitrogens is 2. The Morgan fingerprint density at radius 2 is 2.00 bits per heavy atom. The minimum atomic E-state index is -3.94. The summed E-state index contributed by atoms with van der Waals surface area (Å²) in [6, 6.07) is 13.6. The Hall–Kier alpha value is -3.41. The van der Waals surface area contributed by atoms with Crippen molar-refractivity contribution in [2.75, 3.05) is 5.32 Å². The van der Waals surface area contributed by atoms with Crippen molar-refractivity contribution < 1.29 is 13.2 Å². The number of nitrogens with one attached hydrogen (secondary N) is 2. The average Bonchev–Trinajstić information content (AvgIpc) is 3.30. The summed E-state index contributed by atoms with van der Waals surface area (Å²) >= 11 is 0. The summed E-state index contributed by atoms with van der Waals surface area (Å²) in [4.78, 5) is 11.9. The van der Waals surface area contributed by atoms with Crippen molar-refractivity contribution >= 4 is 21.6 Å². The second-order valence-corrected chi connectivity index (χ2v) is 8.45. The molecule has 3 aromatic rings. The second kappa shape index (κ2) is 7.20. The maximum absolute atomic E-state index is 13.4. The molecule has 0 saturated heterocycles. The van der Waals surface area contributed by atoms with Crippen LogP contribution in [0.4, 0.5) is 5.69 Å². The normalized spacial score (nSPS) is 13.0. The van der Waals surface area contributed by atoms with Crippen molar-refractivity contribution in [2.45, 2.75) is 24.9 Å². The maximum Gasteiger partial charge on any atom is 0.300 e. The van der Waals surface area contributed by atoms with Gasteiger partial charge in [-0.3, -0.25) is 4.79 Å². The van der Waals surface area contributed by atoms with E-state index in [-0.39, 0.29) is 4.90 Å². The lowest BCUT2D eigenvalue weighted by Crippen LogP contribution is -2.19. The summed E-state index contributed by atoms with van der Waals surface area (Å²) in [5.74, 6) is 1.40. The van der Waals surface area contributed by atoms with Crippen molar-refractivity contribution in [1.29, 1.82) is 0 Å². The van der Waals surface area contributed by atoms with Crippen molar-refractivity contribution in [3.8, 4) is 23.6 Å². The molecule has 0 fully saturated rings. The summed E-state index contributed by atoms with van der Waals surface area (Å²) < 4.78 is 27.9. The third-order valence-corrected chi connectivity index (χ3v) is 6.28. The first-order valence-corrected chi connectivity index (χ1v) is 10.4. The highest BCUT2D eigenvalue weighted by Gasteiger charge is 2.31. The van der Waals surface area contributed by atoms with Crippen LogP contribution in [0.5, 0.6) is 0 Å². The van der Waals surface area contributed by atoms with Gasteiger partial charge in [0, 0.05) is 24.2 Å². The van der Waals surface area contributed by atoms with Crippen LogP contribution in [0.1, 0.15) is 16.8 Å². The van der Waals surface area contributed by atoms with Gasteiger partial charge in [0.25, 0.3) is 15.9 Å². The second-order valence-electron chi connectivity index (χ2n) is 6.69. The van der Waals surface area contributed by atoms with Crippen LogP contribution in [0, 0.1) is 19.3 Å². The highest BCUT2D eigenvalue weighted by atomic mass is 32.2. The molecule has 1 amide bonds. The number of aryl methyl sites for hydroxylation is 1. The molecule has 0 saturated carbocycles. The van der Waals surface area contributed by atoms with Crippen LogP contribution >= 0.6 is 0 Å². The first kappa shape index (κ1) is 18.9. The van der Waals surface area contributed by atoms with Crippen molar-refractivity contribution in [3.63, 3.8) is 0 Å². The van der Waals surface area contributed by atoms with Gasteiger partial charge in [-0.25, -0.2) is 0 Å².